The van der Waals surface area contributed by atoms with Crippen molar-refractivity contribution in [3.63, 3.8) is 0 Å². The molecule has 0 aromatic carbocycles. The Balaban J connectivity index is 0. The molecule has 1 aromatic heterocycles. The predicted octanol–water partition coefficient (Wildman–Crippen LogP) is -3.85. The van der Waals surface area contributed by atoms with E-state index in [1.165, 1.54) is 0 Å². The van der Waals surface area contributed by atoms with E-state index in [9.17, 15) is 5.11 Å². The van der Waals surface area contributed by atoms with E-state index in [1.54, 1.807) is 19.1 Å². The molecule has 68 valence electrons. The largest absolute Gasteiger partial charge is 2.00 e. The van der Waals surface area contributed by atoms with Crippen LogP contribution < -0.4 is 28.3 Å². The summed E-state index contributed by atoms with van der Waals surface area (Å²) in [6.45, 7) is 5.60. The zero-order valence-electron chi connectivity index (χ0n) is 7.38. The second kappa shape index (κ2) is 6.99. The molecule has 0 saturated carbocycles. The number of hydrogen-bond acceptors (Lipinski definition) is 3. The van der Waals surface area contributed by atoms with Gasteiger partial charge in [-0.25, -0.2) is 0 Å². The molecule has 13 heavy (non-hydrogen) atoms. The van der Waals surface area contributed by atoms with Gasteiger partial charge in [-0.3, -0.25) is 0 Å². The smallest absolute Gasteiger partial charge is 1.00 e. The van der Waals surface area contributed by atoms with Crippen molar-refractivity contribution >= 4 is 12.5 Å². The van der Waals surface area contributed by atoms with Crippen LogP contribution in [0.2, 0.25) is 0 Å². The molecule has 1 aromatic rings. The summed E-state index contributed by atoms with van der Waals surface area (Å²) in [6, 6.07) is 3.16. The second-order valence-corrected chi connectivity index (χ2v) is 1.99. The molecule has 0 aliphatic rings. The summed E-state index contributed by atoms with van der Waals surface area (Å²) in [5.41, 5.74) is 0.671. The Morgan fingerprint density at radius 2 is 2.23 bits per heavy atom. The van der Waals surface area contributed by atoms with Crippen LogP contribution in [0.4, 0.5) is 0 Å². The van der Waals surface area contributed by atoms with Crippen molar-refractivity contribution in [2.45, 2.75) is 6.92 Å². The summed E-state index contributed by atoms with van der Waals surface area (Å²) in [5, 5.41) is 10.9. The number of ether oxygens (including phenoxy) is 1. The van der Waals surface area contributed by atoms with E-state index in [0.29, 0.717) is 12.0 Å². The van der Waals surface area contributed by atoms with E-state index in [4.69, 9.17) is 4.42 Å². The maximum Gasteiger partial charge on any atom is 2.00 e. The van der Waals surface area contributed by atoms with Gasteiger partial charge in [0.25, 0.3) is 0 Å². The van der Waals surface area contributed by atoms with Crippen molar-refractivity contribution in [3.8, 4) is 0 Å². The Hall–Kier alpha value is -0.467. The minimum Gasteiger partial charge on any atom is -1.00 e. The Morgan fingerprint density at radius 1 is 1.62 bits per heavy atom. The molecule has 0 saturated heterocycles. The molecule has 0 unspecified atom stereocenters. The first kappa shape index (κ1) is 15.0. The summed E-state index contributed by atoms with van der Waals surface area (Å²) in [7, 11) is 0. The second-order valence-electron chi connectivity index (χ2n) is 1.99. The first-order valence-corrected chi connectivity index (χ1v) is 3.33. The molecule has 5 heteroatoms. The molecule has 3 nitrogen and oxygen atoms in total. The zero-order valence-corrected chi connectivity index (χ0v) is 11.1. The van der Waals surface area contributed by atoms with Crippen LogP contribution in [0, 0.1) is 0 Å². The molecule has 0 radical (unpaired) electrons. The third-order valence-corrected chi connectivity index (χ3v) is 1.14. The van der Waals surface area contributed by atoms with Crippen molar-refractivity contribution < 1.29 is 46.1 Å². The van der Waals surface area contributed by atoms with E-state index in [2.05, 4.69) is 11.3 Å². The van der Waals surface area contributed by atoms with Gasteiger partial charge in [0.05, 0.1) is 5.95 Å². The number of furan rings is 1. The third kappa shape index (κ3) is 4.34. The molecule has 0 aliphatic carbocycles. The van der Waals surface area contributed by atoms with Crippen molar-refractivity contribution in [2.24, 2.45) is 0 Å². The maximum atomic E-state index is 10.9. The van der Waals surface area contributed by atoms with E-state index in [1.807, 2.05) is 0 Å². The normalized spacial score (nSPS) is 10.8. The summed E-state index contributed by atoms with van der Waals surface area (Å²) < 4.78 is 9.59. The number of halogens is 1. The van der Waals surface area contributed by atoms with E-state index >= 15 is 0 Å². The van der Waals surface area contributed by atoms with Crippen LogP contribution in [0.3, 0.4) is 0 Å². The van der Waals surface area contributed by atoms with Crippen LogP contribution in [-0.2, 0) is 24.2 Å². The fraction of sp³-hybridized carbons (Fsp3) is 0.250. The van der Waals surface area contributed by atoms with Crippen LogP contribution in [0.5, 0.6) is 0 Å². The number of hydrogen-bond donors (Lipinski definition) is 0. The molecule has 1 rings (SSSR count). The monoisotopic (exact) mass is 252 g/mol. The van der Waals surface area contributed by atoms with Crippen LogP contribution in [-0.4, -0.2) is 6.61 Å². The van der Waals surface area contributed by atoms with Crippen molar-refractivity contribution in [3.05, 3.63) is 23.0 Å². The first-order chi connectivity index (χ1) is 5.24. The topological polar surface area (TPSA) is 45.4 Å². The molecule has 0 bridgehead atoms. The fourth-order valence-electron chi connectivity index (χ4n) is 0.690. The first-order valence-electron chi connectivity index (χ1n) is 3.33. The molecule has 0 spiro atoms. The van der Waals surface area contributed by atoms with Gasteiger partial charge < -0.3 is 26.7 Å². The SMILES string of the molecule is C=c1cc/c(=C(\[O-])OCC)o1.[Cl-].[Zn+2]. The molecule has 0 fully saturated rings. The quantitative estimate of drug-likeness (QED) is 0.508. The summed E-state index contributed by atoms with van der Waals surface area (Å²) in [5.74, 6) is -0.442. The van der Waals surface area contributed by atoms with Gasteiger partial charge in [0, 0.05) is 0 Å². The van der Waals surface area contributed by atoms with Gasteiger partial charge in [0.1, 0.15) is 10.8 Å². The summed E-state index contributed by atoms with van der Waals surface area (Å²) >= 11 is 0. The Bertz CT molecular complexity index is 333. The Kier molecular flexibility index (Phi) is 8.08. The predicted molar refractivity (Wildman–Crippen MR) is 38.5 cm³/mol. The summed E-state index contributed by atoms with van der Waals surface area (Å²) in [6.07, 6.45) is 0. The van der Waals surface area contributed by atoms with Gasteiger partial charge >= 0.3 is 19.5 Å². The van der Waals surface area contributed by atoms with E-state index < -0.39 is 5.95 Å². The molecule has 1 heterocycles. The van der Waals surface area contributed by atoms with Crippen molar-refractivity contribution in [1.82, 2.24) is 0 Å². The average molecular weight is 254 g/mol. The van der Waals surface area contributed by atoms with Gasteiger partial charge in [-0.05, 0) is 18.7 Å². The minimum atomic E-state index is -0.442. The summed E-state index contributed by atoms with van der Waals surface area (Å²) in [4.78, 5) is 0. The van der Waals surface area contributed by atoms with Gasteiger partial charge in [-0.2, -0.15) is 0 Å². The third-order valence-electron chi connectivity index (χ3n) is 1.14. The van der Waals surface area contributed by atoms with Crippen LogP contribution in [0.15, 0.2) is 16.5 Å². The van der Waals surface area contributed by atoms with Crippen LogP contribution in [0.1, 0.15) is 6.92 Å². The van der Waals surface area contributed by atoms with E-state index in [0.717, 1.165) is 0 Å². The van der Waals surface area contributed by atoms with Gasteiger partial charge in [-0.1, -0.05) is 13.5 Å². The average Bonchev–Trinajstić information content (AvgIpc) is 2.36. The van der Waals surface area contributed by atoms with Gasteiger partial charge in [0.2, 0.25) is 0 Å². The molecular weight excluding hydrogens is 245 g/mol. The minimum absolute atomic E-state index is 0. The van der Waals surface area contributed by atoms with Crippen molar-refractivity contribution in [2.75, 3.05) is 6.61 Å². The van der Waals surface area contributed by atoms with Crippen molar-refractivity contribution in [1.29, 1.82) is 0 Å². The standard InChI is InChI=1S/C8H10O3.ClH.Zn/c1-3-10-8(9)7-5-4-6(2)11-7;;/h4-5,9H,2-3H2,1H3;1H;/q;;+2/p-2/b8-7-;;. The van der Waals surface area contributed by atoms with Gasteiger partial charge in [0.15, 0.2) is 0 Å². The maximum absolute atomic E-state index is 10.9. The van der Waals surface area contributed by atoms with Crippen LogP contribution in [0.25, 0.3) is 12.5 Å². The molecule has 0 N–H and O–H groups in total. The molecule has 0 atom stereocenters. The fourth-order valence-corrected chi connectivity index (χ4v) is 0.690. The van der Waals surface area contributed by atoms with Gasteiger partial charge in [-0.15, -0.1) is 0 Å². The molecular formula is C8H9ClO3Zn. The molecule has 0 aliphatic heterocycles. The zero-order chi connectivity index (χ0) is 8.27. The van der Waals surface area contributed by atoms with Crippen LogP contribution >= 0.6 is 0 Å². The number of rotatable bonds is 2. The molecule has 0 amide bonds. The Morgan fingerprint density at radius 3 is 2.62 bits per heavy atom. The van der Waals surface area contributed by atoms with E-state index in [-0.39, 0.29) is 37.3 Å². The Labute approximate surface area is 95.3 Å².